The van der Waals surface area contributed by atoms with Crippen LogP contribution in [-0.4, -0.2) is 23.3 Å². The molecule has 3 rings (SSSR count). The standard InChI is InChI=1S/C12H8ClNO4/c13-6-3-5-4-7(12(16)17)14-10(5)9-8(15)1-2-18-11(6)9/h3-4,14H,1-2H2,(H,16,17)/p-1. The number of halogens is 1. The lowest BCUT2D eigenvalue weighted by molar-refractivity contribution is -0.255. The second-order valence-electron chi connectivity index (χ2n) is 4.02. The van der Waals surface area contributed by atoms with Crippen molar-refractivity contribution in [2.75, 3.05) is 6.61 Å². The number of rotatable bonds is 1. The zero-order valence-corrected chi connectivity index (χ0v) is 9.84. The Morgan fingerprint density at radius 1 is 1.44 bits per heavy atom. The zero-order valence-electron chi connectivity index (χ0n) is 9.08. The molecule has 0 spiro atoms. The van der Waals surface area contributed by atoms with Crippen LogP contribution in [-0.2, 0) is 0 Å². The number of aromatic nitrogens is 1. The van der Waals surface area contributed by atoms with Gasteiger partial charge in [-0.05, 0) is 12.1 Å². The maximum absolute atomic E-state index is 11.9. The predicted octanol–water partition coefficient (Wildman–Crippen LogP) is 1.15. The van der Waals surface area contributed by atoms with Gasteiger partial charge in [-0.3, -0.25) is 4.79 Å². The fourth-order valence-corrected chi connectivity index (χ4v) is 2.38. The lowest BCUT2D eigenvalue weighted by Gasteiger charge is -2.18. The Balaban J connectivity index is 2.38. The van der Waals surface area contributed by atoms with Crippen molar-refractivity contribution in [2.24, 2.45) is 0 Å². The fraction of sp³-hybridized carbons (Fsp3) is 0.167. The number of hydrogen-bond donors (Lipinski definition) is 1. The highest BCUT2D eigenvalue weighted by Gasteiger charge is 2.25. The summed E-state index contributed by atoms with van der Waals surface area (Å²) in [6.45, 7) is 0.283. The number of aromatic carboxylic acids is 1. The first kappa shape index (κ1) is 11.1. The number of fused-ring (bicyclic) bond motifs is 3. The Labute approximate surface area is 106 Å². The Morgan fingerprint density at radius 2 is 2.22 bits per heavy atom. The summed E-state index contributed by atoms with van der Waals surface area (Å²) in [4.78, 5) is 25.4. The zero-order chi connectivity index (χ0) is 12.9. The van der Waals surface area contributed by atoms with E-state index in [0.717, 1.165) is 0 Å². The molecule has 92 valence electrons. The number of carboxylic acids is 1. The number of carbonyl (C=O) groups is 2. The van der Waals surface area contributed by atoms with E-state index in [-0.39, 0.29) is 24.5 Å². The summed E-state index contributed by atoms with van der Waals surface area (Å²) in [7, 11) is 0. The van der Waals surface area contributed by atoms with Gasteiger partial charge in [-0.15, -0.1) is 0 Å². The molecule has 0 saturated carbocycles. The number of carbonyl (C=O) groups excluding carboxylic acids is 2. The van der Waals surface area contributed by atoms with Gasteiger partial charge >= 0.3 is 0 Å². The number of nitrogens with one attached hydrogen (secondary N) is 1. The van der Waals surface area contributed by atoms with Gasteiger partial charge in [0.1, 0.15) is 0 Å². The fourth-order valence-electron chi connectivity index (χ4n) is 2.11. The van der Waals surface area contributed by atoms with Crippen LogP contribution in [0.25, 0.3) is 10.9 Å². The number of carboxylic acid groups (broad SMARTS) is 1. The summed E-state index contributed by atoms with van der Waals surface area (Å²) in [5.74, 6) is -1.14. The third kappa shape index (κ3) is 1.48. The lowest BCUT2D eigenvalue weighted by atomic mass is 10.0. The van der Waals surface area contributed by atoms with Gasteiger partial charge in [-0.25, -0.2) is 0 Å². The molecule has 0 unspecified atom stereocenters. The molecule has 2 heterocycles. The first-order chi connectivity index (χ1) is 8.58. The van der Waals surface area contributed by atoms with Gasteiger partial charge in [-0.2, -0.15) is 0 Å². The molecule has 1 aliphatic rings. The topological polar surface area (TPSA) is 82.2 Å². The van der Waals surface area contributed by atoms with Crippen LogP contribution in [0.2, 0.25) is 5.02 Å². The summed E-state index contributed by atoms with van der Waals surface area (Å²) in [6, 6.07) is 2.95. The third-order valence-corrected chi connectivity index (χ3v) is 3.18. The van der Waals surface area contributed by atoms with Crippen LogP contribution in [0, 0.1) is 0 Å². The summed E-state index contributed by atoms with van der Waals surface area (Å²) >= 11 is 6.02. The molecule has 1 aromatic carbocycles. The first-order valence-electron chi connectivity index (χ1n) is 5.30. The molecule has 0 atom stereocenters. The molecule has 0 saturated heterocycles. The molecule has 0 radical (unpaired) electrons. The van der Waals surface area contributed by atoms with E-state index in [0.29, 0.717) is 27.2 Å². The van der Waals surface area contributed by atoms with Crippen molar-refractivity contribution < 1.29 is 19.4 Å². The SMILES string of the molecule is O=C([O-])c1cc2cc(Cl)c3c(c2[nH]1)C(=O)CCO3. The monoisotopic (exact) mass is 264 g/mol. The van der Waals surface area contributed by atoms with Crippen molar-refractivity contribution in [1.82, 2.24) is 4.98 Å². The number of ether oxygens (including phenoxy) is 1. The van der Waals surface area contributed by atoms with Gasteiger partial charge < -0.3 is 19.6 Å². The molecule has 2 aromatic rings. The summed E-state index contributed by atoms with van der Waals surface area (Å²) in [5.41, 5.74) is 0.655. The van der Waals surface area contributed by atoms with Crippen LogP contribution in [0.5, 0.6) is 5.75 Å². The summed E-state index contributed by atoms with van der Waals surface area (Å²) in [5, 5.41) is 11.7. The van der Waals surface area contributed by atoms with Crippen molar-refractivity contribution >= 4 is 34.3 Å². The molecular weight excluding hydrogens is 258 g/mol. The minimum atomic E-state index is -1.33. The molecule has 0 aliphatic carbocycles. The third-order valence-electron chi connectivity index (χ3n) is 2.90. The molecule has 0 fully saturated rings. The van der Waals surface area contributed by atoms with E-state index in [1.54, 1.807) is 6.07 Å². The maximum Gasteiger partial charge on any atom is 0.172 e. The van der Waals surface area contributed by atoms with Crippen LogP contribution in [0.1, 0.15) is 27.3 Å². The van der Waals surface area contributed by atoms with Crippen LogP contribution < -0.4 is 9.84 Å². The number of Topliss-reactive ketones (excluding diaryl/α,β-unsaturated/α-hetero) is 1. The minimum absolute atomic E-state index is 0.0900. The van der Waals surface area contributed by atoms with Crippen LogP contribution >= 0.6 is 11.6 Å². The average Bonchev–Trinajstić information content (AvgIpc) is 2.73. The van der Waals surface area contributed by atoms with Crippen molar-refractivity contribution in [3.8, 4) is 5.75 Å². The Hall–Kier alpha value is -2.01. The second-order valence-corrected chi connectivity index (χ2v) is 4.43. The predicted molar refractivity (Wildman–Crippen MR) is 62.1 cm³/mol. The summed E-state index contributed by atoms with van der Waals surface area (Å²) in [6.07, 6.45) is 0.252. The van der Waals surface area contributed by atoms with Crippen molar-refractivity contribution in [2.45, 2.75) is 6.42 Å². The van der Waals surface area contributed by atoms with Crippen molar-refractivity contribution in [1.29, 1.82) is 0 Å². The molecule has 0 amide bonds. The van der Waals surface area contributed by atoms with E-state index in [1.165, 1.54) is 6.07 Å². The van der Waals surface area contributed by atoms with Gasteiger partial charge in [-0.1, -0.05) is 11.6 Å². The lowest BCUT2D eigenvalue weighted by Crippen LogP contribution is -2.22. The highest BCUT2D eigenvalue weighted by molar-refractivity contribution is 6.34. The molecular formula is C12H7ClNO4-. The number of aromatic amines is 1. The molecule has 18 heavy (non-hydrogen) atoms. The van der Waals surface area contributed by atoms with Crippen LogP contribution in [0.15, 0.2) is 12.1 Å². The second kappa shape index (κ2) is 3.74. The maximum atomic E-state index is 11.9. The van der Waals surface area contributed by atoms with Gasteiger partial charge in [0.2, 0.25) is 0 Å². The van der Waals surface area contributed by atoms with Crippen molar-refractivity contribution in [3.05, 3.63) is 28.4 Å². The largest absolute Gasteiger partial charge is 0.543 e. The minimum Gasteiger partial charge on any atom is -0.543 e. The number of H-pyrrole nitrogens is 1. The highest BCUT2D eigenvalue weighted by atomic mass is 35.5. The molecule has 6 heteroatoms. The number of ketones is 1. The van der Waals surface area contributed by atoms with Gasteiger partial charge in [0.25, 0.3) is 0 Å². The van der Waals surface area contributed by atoms with Crippen LogP contribution in [0.3, 0.4) is 0 Å². The molecule has 1 aromatic heterocycles. The van der Waals surface area contributed by atoms with Gasteiger partial charge in [0.05, 0.1) is 34.4 Å². The number of hydrogen-bond acceptors (Lipinski definition) is 4. The molecule has 1 aliphatic heterocycles. The van der Waals surface area contributed by atoms with Crippen molar-refractivity contribution in [3.63, 3.8) is 0 Å². The highest BCUT2D eigenvalue weighted by Crippen LogP contribution is 2.38. The Kier molecular flexibility index (Phi) is 2.31. The summed E-state index contributed by atoms with van der Waals surface area (Å²) < 4.78 is 5.37. The average molecular weight is 265 g/mol. The Morgan fingerprint density at radius 3 is 2.94 bits per heavy atom. The smallest absolute Gasteiger partial charge is 0.172 e. The molecule has 0 bridgehead atoms. The molecule has 1 N–H and O–H groups in total. The van der Waals surface area contributed by atoms with Crippen LogP contribution in [0.4, 0.5) is 0 Å². The van der Waals surface area contributed by atoms with Gasteiger partial charge in [0, 0.05) is 11.8 Å². The van der Waals surface area contributed by atoms with E-state index in [4.69, 9.17) is 16.3 Å². The normalized spacial score (nSPS) is 14.4. The van der Waals surface area contributed by atoms with E-state index >= 15 is 0 Å². The number of benzene rings is 1. The Bertz CT molecular complexity index is 689. The first-order valence-corrected chi connectivity index (χ1v) is 5.68. The van der Waals surface area contributed by atoms with E-state index in [2.05, 4.69) is 4.98 Å². The van der Waals surface area contributed by atoms with E-state index in [1.807, 2.05) is 0 Å². The van der Waals surface area contributed by atoms with E-state index < -0.39 is 5.97 Å². The van der Waals surface area contributed by atoms with E-state index in [9.17, 15) is 14.7 Å². The quantitative estimate of drug-likeness (QED) is 0.838. The van der Waals surface area contributed by atoms with Gasteiger partial charge in [0.15, 0.2) is 11.5 Å². The molecule has 5 nitrogen and oxygen atoms in total.